The molecule has 0 atom stereocenters. The molecule has 0 aliphatic carbocycles. The Labute approximate surface area is 154 Å². The Kier molecular flexibility index (Phi) is 5.28. The van der Waals surface area contributed by atoms with Crippen molar-refractivity contribution in [2.24, 2.45) is 0 Å². The van der Waals surface area contributed by atoms with Crippen molar-refractivity contribution >= 4 is 34.2 Å². The van der Waals surface area contributed by atoms with Crippen LogP contribution in [0.15, 0.2) is 53.9 Å². The number of ether oxygens (including phenoxy) is 1. The van der Waals surface area contributed by atoms with E-state index in [-0.39, 0.29) is 12.0 Å². The van der Waals surface area contributed by atoms with Gasteiger partial charge < -0.3 is 10.1 Å². The molecular formula is C19H17N3O3S. The lowest BCUT2D eigenvalue weighted by molar-refractivity contribution is 0.0600. The highest BCUT2D eigenvalue weighted by Crippen LogP contribution is 2.25. The fourth-order valence-electron chi connectivity index (χ4n) is 2.34. The highest BCUT2D eigenvalue weighted by Gasteiger charge is 2.10. The van der Waals surface area contributed by atoms with E-state index in [4.69, 9.17) is 0 Å². The van der Waals surface area contributed by atoms with Crippen LogP contribution in [0.1, 0.15) is 15.9 Å². The zero-order valence-corrected chi connectivity index (χ0v) is 15.1. The Morgan fingerprint density at radius 2 is 1.85 bits per heavy atom. The number of anilines is 2. The normalized spacial score (nSPS) is 10.2. The van der Waals surface area contributed by atoms with E-state index in [1.54, 1.807) is 24.3 Å². The molecule has 0 spiro atoms. The first kappa shape index (κ1) is 17.6. The molecule has 2 aromatic carbocycles. The Morgan fingerprint density at radius 1 is 1.08 bits per heavy atom. The van der Waals surface area contributed by atoms with Gasteiger partial charge in [0, 0.05) is 16.6 Å². The molecule has 0 unspecified atom stereocenters. The second-order valence-electron chi connectivity index (χ2n) is 5.56. The lowest BCUT2D eigenvalue weighted by atomic mass is 10.1. The first-order valence-corrected chi connectivity index (χ1v) is 8.72. The zero-order valence-electron chi connectivity index (χ0n) is 14.3. The van der Waals surface area contributed by atoms with Gasteiger partial charge in [0.2, 0.25) is 0 Å². The van der Waals surface area contributed by atoms with Crippen molar-refractivity contribution in [3.63, 3.8) is 0 Å². The fourth-order valence-corrected chi connectivity index (χ4v) is 3.06. The van der Waals surface area contributed by atoms with Gasteiger partial charge >= 0.3 is 12.0 Å². The molecule has 1 heterocycles. The van der Waals surface area contributed by atoms with Gasteiger partial charge in [-0.1, -0.05) is 24.3 Å². The van der Waals surface area contributed by atoms with Crippen molar-refractivity contribution in [1.82, 2.24) is 4.98 Å². The number of esters is 1. The van der Waals surface area contributed by atoms with Gasteiger partial charge in [0.25, 0.3) is 0 Å². The molecule has 2 N–H and O–H groups in total. The summed E-state index contributed by atoms with van der Waals surface area (Å²) in [5, 5.41) is 7.82. The largest absolute Gasteiger partial charge is 0.465 e. The molecule has 0 fully saturated rings. The average molecular weight is 367 g/mol. The Morgan fingerprint density at radius 3 is 2.54 bits per heavy atom. The molecule has 7 heteroatoms. The number of benzene rings is 2. The minimum absolute atomic E-state index is 0.350. The van der Waals surface area contributed by atoms with Gasteiger partial charge in [0.05, 0.1) is 18.4 Å². The first-order chi connectivity index (χ1) is 12.5. The number of hydrogen-bond acceptors (Lipinski definition) is 5. The number of aryl methyl sites for hydroxylation is 1. The summed E-state index contributed by atoms with van der Waals surface area (Å²) in [6.45, 7) is 1.96. The van der Waals surface area contributed by atoms with Crippen LogP contribution in [0, 0.1) is 6.92 Å². The number of methoxy groups -OCH3 is 1. The summed E-state index contributed by atoms with van der Waals surface area (Å²) in [5.74, 6) is -0.384. The molecule has 0 bridgehead atoms. The molecule has 0 aliphatic rings. The maximum absolute atomic E-state index is 12.1. The average Bonchev–Trinajstić information content (AvgIpc) is 3.09. The molecule has 26 heavy (non-hydrogen) atoms. The van der Waals surface area contributed by atoms with E-state index in [9.17, 15) is 9.59 Å². The highest BCUT2D eigenvalue weighted by atomic mass is 32.1. The molecular weight excluding hydrogens is 350 g/mol. The van der Waals surface area contributed by atoms with E-state index in [2.05, 4.69) is 20.4 Å². The number of hydrogen-bond donors (Lipinski definition) is 2. The van der Waals surface area contributed by atoms with Crippen LogP contribution in [-0.2, 0) is 4.74 Å². The van der Waals surface area contributed by atoms with Crippen LogP contribution < -0.4 is 10.6 Å². The summed E-state index contributed by atoms with van der Waals surface area (Å²) in [4.78, 5) is 28.0. The van der Waals surface area contributed by atoms with Crippen LogP contribution in [0.5, 0.6) is 0 Å². The van der Waals surface area contributed by atoms with Gasteiger partial charge in [-0.25, -0.2) is 14.6 Å². The SMILES string of the molecule is COC(=O)c1ccc(-c2csc(NC(=O)Nc3cccc(C)c3)n2)cc1. The molecule has 6 nitrogen and oxygen atoms in total. The summed E-state index contributed by atoms with van der Waals surface area (Å²) in [7, 11) is 1.34. The van der Waals surface area contributed by atoms with Crippen LogP contribution in [-0.4, -0.2) is 24.1 Å². The van der Waals surface area contributed by atoms with Crippen molar-refractivity contribution in [2.45, 2.75) is 6.92 Å². The first-order valence-electron chi connectivity index (χ1n) is 7.84. The van der Waals surface area contributed by atoms with Crippen molar-refractivity contribution in [3.05, 3.63) is 65.0 Å². The second-order valence-corrected chi connectivity index (χ2v) is 6.41. The van der Waals surface area contributed by atoms with Crippen LogP contribution in [0.3, 0.4) is 0 Å². The van der Waals surface area contributed by atoms with Gasteiger partial charge in [-0.05, 0) is 36.8 Å². The molecule has 1 aromatic heterocycles. The maximum atomic E-state index is 12.1. The van der Waals surface area contributed by atoms with E-state index < -0.39 is 0 Å². The number of rotatable bonds is 4. The van der Waals surface area contributed by atoms with Gasteiger partial charge in [0.1, 0.15) is 0 Å². The van der Waals surface area contributed by atoms with E-state index in [1.807, 2.05) is 36.6 Å². The van der Waals surface area contributed by atoms with Crippen molar-refractivity contribution < 1.29 is 14.3 Å². The third-order valence-electron chi connectivity index (χ3n) is 3.60. The van der Waals surface area contributed by atoms with E-state index in [0.29, 0.717) is 10.7 Å². The third kappa shape index (κ3) is 4.25. The lowest BCUT2D eigenvalue weighted by Crippen LogP contribution is -2.19. The topological polar surface area (TPSA) is 80.3 Å². The molecule has 3 rings (SSSR count). The zero-order chi connectivity index (χ0) is 18.5. The predicted octanol–water partition coefficient (Wildman–Crippen LogP) is 4.55. The minimum atomic E-state index is -0.384. The van der Waals surface area contributed by atoms with Gasteiger partial charge in [0.15, 0.2) is 5.13 Å². The standard InChI is InChI=1S/C19H17N3O3S/c1-12-4-3-5-15(10-12)20-18(24)22-19-21-16(11-26-19)13-6-8-14(9-7-13)17(23)25-2/h3-11H,1-2H3,(H2,20,21,22,24). The summed E-state index contributed by atoms with van der Waals surface area (Å²) in [5.41, 5.74) is 3.83. The third-order valence-corrected chi connectivity index (χ3v) is 4.36. The van der Waals surface area contributed by atoms with Gasteiger partial charge in [-0.3, -0.25) is 5.32 Å². The van der Waals surface area contributed by atoms with Crippen LogP contribution in [0.25, 0.3) is 11.3 Å². The quantitative estimate of drug-likeness (QED) is 0.663. The van der Waals surface area contributed by atoms with E-state index >= 15 is 0 Å². The summed E-state index contributed by atoms with van der Waals surface area (Å²) in [6, 6.07) is 14.1. The summed E-state index contributed by atoms with van der Waals surface area (Å²) >= 11 is 1.33. The lowest BCUT2D eigenvalue weighted by Gasteiger charge is -2.06. The number of urea groups is 1. The number of aromatic nitrogens is 1. The number of thiazole rings is 1. The molecule has 0 radical (unpaired) electrons. The maximum Gasteiger partial charge on any atom is 0.337 e. The van der Waals surface area contributed by atoms with Crippen LogP contribution >= 0.6 is 11.3 Å². The van der Waals surface area contributed by atoms with Crippen LogP contribution in [0.2, 0.25) is 0 Å². The predicted molar refractivity (Wildman–Crippen MR) is 103 cm³/mol. The van der Waals surface area contributed by atoms with Gasteiger partial charge in [-0.2, -0.15) is 0 Å². The highest BCUT2D eigenvalue weighted by molar-refractivity contribution is 7.14. The van der Waals surface area contributed by atoms with E-state index in [1.165, 1.54) is 18.4 Å². The monoisotopic (exact) mass is 367 g/mol. The number of carbonyl (C=O) groups is 2. The molecule has 0 aliphatic heterocycles. The molecule has 2 amide bonds. The molecule has 3 aromatic rings. The number of nitrogens with one attached hydrogen (secondary N) is 2. The van der Waals surface area contributed by atoms with Crippen molar-refractivity contribution in [3.8, 4) is 11.3 Å². The summed E-state index contributed by atoms with van der Waals surface area (Å²) in [6.07, 6.45) is 0. The van der Waals surface area contributed by atoms with Crippen molar-refractivity contribution in [2.75, 3.05) is 17.7 Å². The molecule has 132 valence electrons. The van der Waals surface area contributed by atoms with Crippen molar-refractivity contribution in [1.29, 1.82) is 0 Å². The Bertz CT molecular complexity index is 935. The Balaban J connectivity index is 1.66. The minimum Gasteiger partial charge on any atom is -0.465 e. The number of nitrogens with zero attached hydrogens (tertiary/aromatic N) is 1. The van der Waals surface area contributed by atoms with Crippen LogP contribution in [0.4, 0.5) is 15.6 Å². The van der Waals surface area contributed by atoms with Gasteiger partial charge in [-0.15, -0.1) is 11.3 Å². The molecule has 0 saturated heterocycles. The second kappa shape index (κ2) is 7.79. The smallest absolute Gasteiger partial charge is 0.337 e. The number of amides is 2. The summed E-state index contributed by atoms with van der Waals surface area (Å²) < 4.78 is 4.68. The Hall–Kier alpha value is -3.19. The fraction of sp³-hybridized carbons (Fsp3) is 0.105. The van der Waals surface area contributed by atoms with E-state index in [0.717, 1.165) is 22.5 Å². The number of carbonyl (C=O) groups excluding carboxylic acids is 2. The molecule has 0 saturated carbocycles.